The molecular weight excluding hydrogens is 567 g/mol. The van der Waals surface area contributed by atoms with Crippen molar-refractivity contribution in [3.63, 3.8) is 0 Å². The lowest BCUT2D eigenvalue weighted by Crippen LogP contribution is -2.30. The minimum atomic E-state index is -0.560. The average molecular weight is 596 g/mol. The summed E-state index contributed by atoms with van der Waals surface area (Å²) in [6.45, 7) is 5.57. The van der Waals surface area contributed by atoms with E-state index >= 15 is 0 Å². The van der Waals surface area contributed by atoms with Crippen molar-refractivity contribution in [1.82, 2.24) is 10.3 Å². The van der Waals surface area contributed by atoms with Crippen LogP contribution in [0.15, 0.2) is 77.3 Å². The van der Waals surface area contributed by atoms with Gasteiger partial charge in [-0.3, -0.25) is 9.78 Å². The van der Waals surface area contributed by atoms with Gasteiger partial charge in [0, 0.05) is 34.0 Å². The zero-order valence-corrected chi connectivity index (χ0v) is 24.7. The molecule has 5 rings (SSSR count). The Hall–Kier alpha value is -3.59. The van der Waals surface area contributed by atoms with Crippen LogP contribution in [0.1, 0.15) is 44.3 Å². The first-order valence-electron chi connectivity index (χ1n) is 12.6. The highest BCUT2D eigenvalue weighted by Gasteiger charge is 2.43. The summed E-state index contributed by atoms with van der Waals surface area (Å²) in [5.41, 5.74) is 2.30. The van der Waals surface area contributed by atoms with Crippen LogP contribution in [0, 0.1) is 5.41 Å². The summed E-state index contributed by atoms with van der Waals surface area (Å²) in [6, 6.07) is 19.7. The number of hydrogen-bond donors (Lipinski definition) is 2. The standard InChI is InChI=1S/C30H28Cl2N4O3S/c1-30(2,3)28(37)34-21-11-9-18(16-25(21)38-4)36-27(26(35-29(36)40)22-7-5-6-14-33-22)24-13-12-23(39-24)19-10-8-17(31)15-20(19)32/h5-16,26-27H,1-4H3,(H,34,37)(H,35,40). The van der Waals surface area contributed by atoms with E-state index in [1.807, 2.05) is 80.3 Å². The first kappa shape index (κ1) is 28.0. The van der Waals surface area contributed by atoms with Gasteiger partial charge in [0.2, 0.25) is 5.91 Å². The minimum absolute atomic E-state index is 0.117. The van der Waals surface area contributed by atoms with Crippen LogP contribution in [0.25, 0.3) is 11.3 Å². The van der Waals surface area contributed by atoms with Crippen LogP contribution < -0.4 is 20.3 Å². The molecule has 7 nitrogen and oxygen atoms in total. The Kier molecular flexibility index (Phi) is 7.77. The van der Waals surface area contributed by atoms with E-state index < -0.39 is 5.41 Å². The zero-order valence-electron chi connectivity index (χ0n) is 22.4. The fourth-order valence-corrected chi connectivity index (χ4v) is 5.36. The van der Waals surface area contributed by atoms with Gasteiger partial charge in [-0.1, -0.05) is 50.0 Å². The molecule has 1 fully saturated rings. The minimum Gasteiger partial charge on any atom is -0.494 e. The van der Waals surface area contributed by atoms with Crippen LogP contribution in [-0.2, 0) is 4.79 Å². The molecule has 206 valence electrons. The monoisotopic (exact) mass is 594 g/mol. The molecule has 2 N–H and O–H groups in total. The van der Waals surface area contributed by atoms with Crippen LogP contribution in [0.4, 0.5) is 11.4 Å². The first-order chi connectivity index (χ1) is 19.1. The van der Waals surface area contributed by atoms with Crippen LogP contribution in [0.2, 0.25) is 10.0 Å². The van der Waals surface area contributed by atoms with Gasteiger partial charge in [-0.2, -0.15) is 0 Å². The van der Waals surface area contributed by atoms with Crippen LogP contribution in [0.5, 0.6) is 5.75 Å². The molecule has 0 saturated carbocycles. The molecule has 0 spiro atoms. The number of nitrogens with one attached hydrogen (secondary N) is 2. The van der Waals surface area contributed by atoms with Crippen LogP contribution in [0.3, 0.4) is 0 Å². The van der Waals surface area contributed by atoms with Crippen LogP contribution >= 0.6 is 35.4 Å². The van der Waals surface area contributed by atoms with Gasteiger partial charge in [-0.25, -0.2) is 0 Å². The first-order valence-corrected chi connectivity index (χ1v) is 13.8. The van der Waals surface area contributed by atoms with Gasteiger partial charge in [0.15, 0.2) is 5.11 Å². The fraction of sp³-hybridized carbons (Fsp3) is 0.233. The molecule has 2 unspecified atom stereocenters. The molecule has 2 atom stereocenters. The van der Waals surface area contributed by atoms with E-state index in [0.29, 0.717) is 38.1 Å². The number of ether oxygens (including phenoxy) is 1. The fourth-order valence-electron chi connectivity index (χ4n) is 4.51. The lowest BCUT2D eigenvalue weighted by atomic mass is 9.95. The molecule has 1 saturated heterocycles. The highest BCUT2D eigenvalue weighted by Crippen LogP contribution is 2.45. The molecule has 0 bridgehead atoms. The van der Waals surface area contributed by atoms with Crippen molar-refractivity contribution in [2.45, 2.75) is 32.9 Å². The summed E-state index contributed by atoms with van der Waals surface area (Å²) in [4.78, 5) is 19.2. The van der Waals surface area contributed by atoms with E-state index in [9.17, 15) is 4.79 Å². The predicted molar refractivity (Wildman–Crippen MR) is 163 cm³/mol. The zero-order chi connectivity index (χ0) is 28.6. The topological polar surface area (TPSA) is 79.6 Å². The highest BCUT2D eigenvalue weighted by atomic mass is 35.5. The van der Waals surface area contributed by atoms with Gasteiger partial charge in [0.05, 0.1) is 29.6 Å². The number of pyridine rings is 1. The van der Waals surface area contributed by atoms with Crippen molar-refractivity contribution in [3.8, 4) is 17.1 Å². The number of nitrogens with zero attached hydrogens (tertiary/aromatic N) is 2. The second kappa shape index (κ2) is 11.1. The van der Waals surface area contributed by atoms with Crippen molar-refractivity contribution >= 4 is 57.8 Å². The SMILES string of the molecule is COc1cc(N2C(=S)NC(c3ccccn3)C2c2ccc(-c3ccc(Cl)cc3Cl)o2)ccc1NC(=O)C(C)(C)C. The summed E-state index contributed by atoms with van der Waals surface area (Å²) in [5, 5.41) is 7.91. The summed E-state index contributed by atoms with van der Waals surface area (Å²) in [7, 11) is 1.56. The normalized spacial score (nSPS) is 17.1. The van der Waals surface area contributed by atoms with E-state index in [0.717, 1.165) is 16.9 Å². The third-order valence-corrected chi connectivity index (χ3v) is 7.47. The van der Waals surface area contributed by atoms with Gasteiger partial charge in [-0.15, -0.1) is 0 Å². The molecule has 40 heavy (non-hydrogen) atoms. The number of thiocarbonyl (C=S) groups is 1. The number of furan rings is 1. The number of rotatable bonds is 6. The summed E-state index contributed by atoms with van der Waals surface area (Å²) < 4.78 is 12.1. The molecule has 1 aliphatic rings. The largest absolute Gasteiger partial charge is 0.494 e. The quantitative estimate of drug-likeness (QED) is 0.220. The number of aromatic nitrogens is 1. The number of amides is 1. The summed E-state index contributed by atoms with van der Waals surface area (Å²) >= 11 is 18.4. The Morgan fingerprint density at radius 1 is 1.10 bits per heavy atom. The number of benzene rings is 2. The summed E-state index contributed by atoms with van der Waals surface area (Å²) in [5.74, 6) is 1.65. The van der Waals surface area contributed by atoms with Crippen molar-refractivity contribution in [2.75, 3.05) is 17.3 Å². The number of methoxy groups -OCH3 is 1. The third kappa shape index (κ3) is 5.52. The lowest BCUT2D eigenvalue weighted by Gasteiger charge is -2.27. The molecule has 4 aromatic rings. The maximum Gasteiger partial charge on any atom is 0.229 e. The molecule has 3 heterocycles. The summed E-state index contributed by atoms with van der Waals surface area (Å²) in [6.07, 6.45) is 1.75. The maximum absolute atomic E-state index is 12.7. The number of carbonyl (C=O) groups excluding carboxylic acids is 1. The second-order valence-corrected chi connectivity index (χ2v) is 11.6. The van der Waals surface area contributed by atoms with Gasteiger partial charge in [0.25, 0.3) is 0 Å². The van der Waals surface area contributed by atoms with Crippen molar-refractivity contribution in [3.05, 3.63) is 94.4 Å². The van der Waals surface area contributed by atoms with Crippen molar-refractivity contribution in [2.24, 2.45) is 5.41 Å². The maximum atomic E-state index is 12.7. The Morgan fingerprint density at radius 2 is 1.90 bits per heavy atom. The molecule has 0 radical (unpaired) electrons. The van der Waals surface area contributed by atoms with Crippen molar-refractivity contribution < 1.29 is 13.9 Å². The number of anilines is 2. The van der Waals surface area contributed by atoms with E-state index in [4.69, 9.17) is 44.6 Å². The Balaban J connectivity index is 1.57. The van der Waals surface area contributed by atoms with E-state index in [1.54, 1.807) is 25.4 Å². The van der Waals surface area contributed by atoms with E-state index in [1.165, 1.54) is 0 Å². The van der Waals surface area contributed by atoms with Gasteiger partial charge >= 0.3 is 0 Å². The number of halogens is 2. The molecule has 1 amide bonds. The van der Waals surface area contributed by atoms with Gasteiger partial charge < -0.3 is 24.7 Å². The van der Waals surface area contributed by atoms with Gasteiger partial charge in [0.1, 0.15) is 23.3 Å². The Labute approximate surface area is 248 Å². The Morgan fingerprint density at radius 3 is 2.58 bits per heavy atom. The smallest absolute Gasteiger partial charge is 0.229 e. The second-order valence-electron chi connectivity index (χ2n) is 10.4. The molecular formula is C30H28Cl2N4O3S. The van der Waals surface area contributed by atoms with Crippen molar-refractivity contribution in [1.29, 1.82) is 0 Å². The predicted octanol–water partition coefficient (Wildman–Crippen LogP) is 7.82. The average Bonchev–Trinajstić information content (AvgIpc) is 3.53. The molecule has 0 aliphatic carbocycles. The molecule has 1 aliphatic heterocycles. The van der Waals surface area contributed by atoms with Crippen LogP contribution in [-0.4, -0.2) is 23.1 Å². The van der Waals surface area contributed by atoms with Gasteiger partial charge in [-0.05, 0) is 66.8 Å². The number of carbonyl (C=O) groups is 1. The van der Waals surface area contributed by atoms with E-state index in [-0.39, 0.29) is 18.0 Å². The lowest BCUT2D eigenvalue weighted by molar-refractivity contribution is -0.123. The van der Waals surface area contributed by atoms with E-state index in [2.05, 4.69) is 15.6 Å². The molecule has 2 aromatic heterocycles. The molecule has 2 aromatic carbocycles. The molecule has 10 heteroatoms. The number of hydrogen-bond acceptors (Lipinski definition) is 5. The third-order valence-electron chi connectivity index (χ3n) is 6.61. The highest BCUT2D eigenvalue weighted by molar-refractivity contribution is 7.80. The Bertz CT molecular complexity index is 1570.